The molecule has 0 aromatic carbocycles. The summed E-state index contributed by atoms with van der Waals surface area (Å²) in [4.78, 5) is 49.4. The van der Waals surface area contributed by atoms with E-state index in [9.17, 15) is 39.6 Å². The van der Waals surface area contributed by atoms with Crippen LogP contribution in [0.2, 0.25) is 0 Å². The molecule has 1 rings (SSSR count). The Labute approximate surface area is 164 Å². The fourth-order valence-electron chi connectivity index (χ4n) is 5.45. The Morgan fingerprint density at radius 3 is 1.39 bits per heavy atom. The molecule has 0 radical (unpaired) electrons. The van der Waals surface area contributed by atoms with Crippen molar-refractivity contribution in [2.75, 3.05) is 0 Å². The van der Waals surface area contributed by atoms with Crippen LogP contribution in [0.3, 0.4) is 0 Å². The van der Waals surface area contributed by atoms with Gasteiger partial charge in [-0.2, -0.15) is 0 Å². The number of carbonyl (C=O) groups is 4. The Hall–Kier alpha value is -2.12. The van der Waals surface area contributed by atoms with Gasteiger partial charge in [0.05, 0.1) is 0 Å². The Morgan fingerprint density at radius 1 is 0.714 bits per heavy atom. The van der Waals surface area contributed by atoms with Crippen LogP contribution in [-0.2, 0) is 19.2 Å². The number of aliphatic carboxylic acids is 4. The van der Waals surface area contributed by atoms with Gasteiger partial charge in [-0.05, 0) is 36.0 Å². The Morgan fingerprint density at radius 2 is 1.07 bits per heavy atom. The Bertz CT molecular complexity index is 608. The molecule has 0 spiro atoms. The van der Waals surface area contributed by atoms with E-state index < -0.39 is 64.3 Å². The summed E-state index contributed by atoms with van der Waals surface area (Å²) in [5, 5.41) is 40.1. The highest BCUT2D eigenvalue weighted by Gasteiger charge is 2.66. The van der Waals surface area contributed by atoms with Crippen LogP contribution in [0.25, 0.3) is 0 Å². The van der Waals surface area contributed by atoms with Crippen LogP contribution in [0.5, 0.6) is 0 Å². The average molecular weight is 400 g/mol. The minimum absolute atomic E-state index is 0.154. The second-order valence-corrected chi connectivity index (χ2v) is 8.66. The number of carboxylic acids is 4. The largest absolute Gasteiger partial charge is 0.480 e. The molecule has 1 aliphatic rings. The second kappa shape index (κ2) is 8.49. The lowest BCUT2D eigenvalue weighted by atomic mass is 9.51. The first-order valence-corrected chi connectivity index (χ1v) is 9.74. The maximum Gasteiger partial charge on any atom is 0.321 e. The van der Waals surface area contributed by atoms with Gasteiger partial charge >= 0.3 is 23.9 Å². The van der Waals surface area contributed by atoms with E-state index in [1.54, 1.807) is 6.92 Å². The summed E-state index contributed by atoms with van der Waals surface area (Å²) in [6.07, 6.45) is 1.85. The average Bonchev–Trinajstić information content (AvgIpc) is 2.70. The van der Waals surface area contributed by atoms with Gasteiger partial charge in [0.1, 0.15) is 0 Å². The summed E-state index contributed by atoms with van der Waals surface area (Å²) in [6, 6.07) is 0. The monoisotopic (exact) mass is 400 g/mol. The number of hydrogen-bond donors (Lipinski definition) is 4. The second-order valence-electron chi connectivity index (χ2n) is 8.66. The van der Waals surface area contributed by atoms with Crippen LogP contribution in [-0.4, -0.2) is 44.3 Å². The molecule has 0 amide bonds. The number of rotatable bonds is 8. The predicted molar refractivity (Wildman–Crippen MR) is 99.7 cm³/mol. The molecule has 3 atom stereocenters. The molecule has 0 aromatic heterocycles. The summed E-state index contributed by atoms with van der Waals surface area (Å²) in [5.74, 6) is -10.6. The van der Waals surface area contributed by atoms with Gasteiger partial charge in [0.25, 0.3) is 0 Å². The summed E-state index contributed by atoms with van der Waals surface area (Å²) in [6.45, 7) is 7.63. The molecule has 0 saturated heterocycles. The highest BCUT2D eigenvalue weighted by Crippen LogP contribution is 2.56. The topological polar surface area (TPSA) is 149 Å². The minimum atomic E-state index is -2.28. The molecule has 1 aliphatic carbocycles. The predicted octanol–water partition coefficient (Wildman–Crippen LogP) is 3.05. The van der Waals surface area contributed by atoms with E-state index in [1.165, 1.54) is 27.7 Å². The molecule has 1 saturated carbocycles. The molecule has 3 unspecified atom stereocenters. The molecule has 4 N–H and O–H groups in total. The van der Waals surface area contributed by atoms with Crippen molar-refractivity contribution in [2.45, 2.75) is 60.3 Å². The zero-order valence-electron chi connectivity index (χ0n) is 17.1. The van der Waals surface area contributed by atoms with Crippen molar-refractivity contribution in [1.29, 1.82) is 0 Å². The molecular formula is C20H32O8. The van der Waals surface area contributed by atoms with Gasteiger partial charge in [-0.1, -0.05) is 53.9 Å². The third kappa shape index (κ3) is 3.37. The van der Waals surface area contributed by atoms with Crippen LogP contribution >= 0.6 is 0 Å². The van der Waals surface area contributed by atoms with Gasteiger partial charge in [-0.15, -0.1) is 0 Å². The molecule has 8 nitrogen and oxygen atoms in total. The number of hydrogen-bond acceptors (Lipinski definition) is 4. The highest BCUT2D eigenvalue weighted by molar-refractivity contribution is 6.01. The van der Waals surface area contributed by atoms with E-state index in [2.05, 4.69) is 0 Å². The van der Waals surface area contributed by atoms with Crippen LogP contribution in [0, 0.1) is 40.4 Å². The van der Waals surface area contributed by atoms with Gasteiger partial charge in [0.15, 0.2) is 10.8 Å². The Kier molecular flexibility index (Phi) is 7.25. The fourth-order valence-corrected chi connectivity index (χ4v) is 5.45. The summed E-state index contributed by atoms with van der Waals surface area (Å²) < 4.78 is 0. The van der Waals surface area contributed by atoms with E-state index in [4.69, 9.17) is 0 Å². The first-order chi connectivity index (χ1) is 12.8. The fraction of sp³-hybridized carbons (Fsp3) is 0.800. The lowest BCUT2D eigenvalue weighted by Crippen LogP contribution is -2.60. The molecule has 160 valence electrons. The summed E-state index contributed by atoms with van der Waals surface area (Å²) >= 11 is 0. The van der Waals surface area contributed by atoms with Crippen molar-refractivity contribution in [3.63, 3.8) is 0 Å². The molecule has 1 fully saturated rings. The molecule has 0 aromatic rings. The number of carboxylic acid groups (broad SMARTS) is 4. The quantitative estimate of drug-likeness (QED) is 0.359. The third-order valence-electron chi connectivity index (χ3n) is 6.82. The van der Waals surface area contributed by atoms with Crippen LogP contribution in [0.15, 0.2) is 0 Å². The SMILES string of the molecule is CC1CCCCC(C(C(=O)O)(C(=O)O)C(C)C)C1C(C(=O)O)(C(=O)O)C(C)C. The lowest BCUT2D eigenvalue weighted by Gasteiger charge is -2.48. The third-order valence-corrected chi connectivity index (χ3v) is 6.82. The van der Waals surface area contributed by atoms with E-state index in [0.717, 1.165) is 0 Å². The highest BCUT2D eigenvalue weighted by atomic mass is 16.4. The van der Waals surface area contributed by atoms with Crippen molar-refractivity contribution < 1.29 is 39.6 Å². The molecule has 28 heavy (non-hydrogen) atoms. The van der Waals surface area contributed by atoms with E-state index in [0.29, 0.717) is 19.3 Å². The molecular weight excluding hydrogens is 368 g/mol. The maximum atomic E-state index is 12.4. The minimum Gasteiger partial charge on any atom is -0.480 e. The maximum absolute atomic E-state index is 12.4. The van der Waals surface area contributed by atoms with Crippen molar-refractivity contribution in [3.8, 4) is 0 Å². The molecule has 0 heterocycles. The first kappa shape index (κ1) is 23.9. The van der Waals surface area contributed by atoms with Crippen molar-refractivity contribution in [1.82, 2.24) is 0 Å². The first-order valence-electron chi connectivity index (χ1n) is 9.74. The Balaban J connectivity index is 3.96. The van der Waals surface area contributed by atoms with Crippen LogP contribution in [0.1, 0.15) is 60.3 Å². The van der Waals surface area contributed by atoms with Gasteiger partial charge in [0, 0.05) is 0 Å². The summed E-state index contributed by atoms with van der Waals surface area (Å²) in [5.41, 5.74) is -4.55. The van der Waals surface area contributed by atoms with Gasteiger partial charge in [-0.3, -0.25) is 19.2 Å². The van der Waals surface area contributed by atoms with Crippen molar-refractivity contribution >= 4 is 23.9 Å². The van der Waals surface area contributed by atoms with Gasteiger partial charge in [0.2, 0.25) is 0 Å². The molecule has 0 aliphatic heterocycles. The van der Waals surface area contributed by atoms with Crippen molar-refractivity contribution in [2.24, 2.45) is 40.4 Å². The van der Waals surface area contributed by atoms with E-state index >= 15 is 0 Å². The zero-order chi connectivity index (χ0) is 22.0. The summed E-state index contributed by atoms with van der Waals surface area (Å²) in [7, 11) is 0. The smallest absolute Gasteiger partial charge is 0.321 e. The standard InChI is InChI=1S/C20H32O8/c1-10(2)19(15(21)22,16(23)24)13-9-7-6-8-12(5)14(13)20(11(3)4,17(25)26)18(27)28/h10-14H,6-9H2,1-5H3,(H,21,22)(H,23,24)(H,25,26)(H,27,28). The van der Waals surface area contributed by atoms with Gasteiger partial charge in [-0.25, -0.2) is 0 Å². The zero-order valence-corrected chi connectivity index (χ0v) is 17.1. The lowest BCUT2D eigenvalue weighted by molar-refractivity contribution is -0.194. The van der Waals surface area contributed by atoms with E-state index in [1.807, 2.05) is 0 Å². The normalized spacial score (nSPS) is 24.0. The van der Waals surface area contributed by atoms with Crippen LogP contribution < -0.4 is 0 Å². The van der Waals surface area contributed by atoms with Gasteiger partial charge < -0.3 is 20.4 Å². The van der Waals surface area contributed by atoms with Crippen molar-refractivity contribution in [3.05, 3.63) is 0 Å². The van der Waals surface area contributed by atoms with Crippen LogP contribution in [0.4, 0.5) is 0 Å². The molecule has 0 bridgehead atoms. The molecule has 8 heteroatoms. The van der Waals surface area contributed by atoms with E-state index in [-0.39, 0.29) is 6.42 Å².